The van der Waals surface area contributed by atoms with Crippen molar-refractivity contribution in [3.8, 4) is 11.1 Å². The van der Waals surface area contributed by atoms with E-state index in [-0.39, 0.29) is 18.4 Å². The minimum Gasteiger partial charge on any atom is -0.379 e. The average Bonchev–Trinajstić information content (AvgIpc) is 2.93. The van der Waals surface area contributed by atoms with E-state index < -0.39 is 0 Å². The summed E-state index contributed by atoms with van der Waals surface area (Å²) >= 11 is 0. The van der Waals surface area contributed by atoms with Crippen molar-refractivity contribution in [2.75, 3.05) is 56.2 Å². The molecule has 0 unspecified atom stereocenters. The zero-order valence-electron chi connectivity index (χ0n) is 20.3. The fraction of sp³-hybridized carbons (Fsp3) is 0.321. The van der Waals surface area contributed by atoms with Crippen molar-refractivity contribution in [2.45, 2.75) is 13.0 Å². The maximum atomic E-state index is 12.7. The highest BCUT2D eigenvalue weighted by atomic mass is 16.5. The van der Waals surface area contributed by atoms with Gasteiger partial charge in [0.15, 0.2) is 5.82 Å². The van der Waals surface area contributed by atoms with Crippen LogP contribution in [0.5, 0.6) is 0 Å². The van der Waals surface area contributed by atoms with E-state index in [4.69, 9.17) is 4.74 Å². The van der Waals surface area contributed by atoms with Crippen molar-refractivity contribution in [1.82, 2.24) is 15.2 Å². The van der Waals surface area contributed by atoms with E-state index >= 15 is 0 Å². The lowest BCUT2D eigenvalue weighted by molar-refractivity contribution is -0.117. The molecule has 3 heterocycles. The monoisotopic (exact) mass is 485 g/mol. The van der Waals surface area contributed by atoms with Crippen LogP contribution in [0.15, 0.2) is 66.9 Å². The molecular weight excluding hydrogens is 454 g/mol. The largest absolute Gasteiger partial charge is 0.379 e. The number of ether oxygens (including phenoxy) is 1. The van der Waals surface area contributed by atoms with Gasteiger partial charge in [0.2, 0.25) is 5.91 Å². The number of pyridine rings is 1. The Morgan fingerprint density at radius 2 is 1.81 bits per heavy atom. The van der Waals surface area contributed by atoms with Crippen LogP contribution in [-0.4, -0.2) is 67.6 Å². The number of nitrogens with zero attached hydrogens (tertiary/aromatic N) is 3. The zero-order valence-corrected chi connectivity index (χ0v) is 20.3. The molecule has 0 saturated carbocycles. The van der Waals surface area contributed by atoms with Crippen molar-refractivity contribution in [3.05, 3.63) is 78.0 Å². The molecule has 3 aromatic rings. The van der Waals surface area contributed by atoms with Gasteiger partial charge in [-0.15, -0.1) is 0 Å². The van der Waals surface area contributed by atoms with Crippen LogP contribution < -0.4 is 15.5 Å². The van der Waals surface area contributed by atoms with Crippen LogP contribution in [0.1, 0.15) is 22.3 Å². The molecule has 2 aliphatic rings. The number of hydrogen-bond donors (Lipinski definition) is 2. The quantitative estimate of drug-likeness (QED) is 0.477. The number of amides is 2. The summed E-state index contributed by atoms with van der Waals surface area (Å²) in [5.41, 5.74) is 4.27. The summed E-state index contributed by atoms with van der Waals surface area (Å²) in [7, 11) is 0. The van der Waals surface area contributed by atoms with Crippen LogP contribution in [0.25, 0.3) is 11.1 Å². The van der Waals surface area contributed by atoms with E-state index in [0.29, 0.717) is 24.5 Å². The lowest BCUT2D eigenvalue weighted by Crippen LogP contribution is -2.39. The normalized spacial score (nSPS) is 15.8. The van der Waals surface area contributed by atoms with Crippen molar-refractivity contribution >= 4 is 23.3 Å². The summed E-state index contributed by atoms with van der Waals surface area (Å²) in [6.07, 6.45) is 2.71. The second-order valence-electron chi connectivity index (χ2n) is 9.05. The number of nitrogens with one attached hydrogen (secondary N) is 2. The number of hydrogen-bond acceptors (Lipinski definition) is 6. The molecule has 0 aliphatic carbocycles. The molecule has 1 saturated heterocycles. The molecule has 5 rings (SSSR count). The third-order valence-electron chi connectivity index (χ3n) is 6.57. The number of carbonyl (C=O) groups is 2. The first-order valence-corrected chi connectivity index (χ1v) is 12.4. The van der Waals surface area contributed by atoms with Crippen LogP contribution in [0, 0.1) is 0 Å². The van der Waals surface area contributed by atoms with Gasteiger partial charge < -0.3 is 20.3 Å². The second kappa shape index (κ2) is 11.3. The molecule has 2 aromatic carbocycles. The lowest BCUT2D eigenvalue weighted by atomic mass is 10.0. The van der Waals surface area contributed by atoms with Gasteiger partial charge >= 0.3 is 0 Å². The molecule has 1 aromatic heterocycles. The van der Waals surface area contributed by atoms with Crippen LogP contribution in [0.2, 0.25) is 0 Å². The van der Waals surface area contributed by atoms with Gasteiger partial charge in [-0.1, -0.05) is 42.5 Å². The maximum absolute atomic E-state index is 12.7. The molecular formula is C28H31N5O3. The first kappa shape index (κ1) is 24.0. The van der Waals surface area contributed by atoms with Gasteiger partial charge in [-0.25, -0.2) is 4.98 Å². The zero-order chi connectivity index (χ0) is 24.7. The standard InChI is InChI=1S/C28H31N5O3/c34-26-19-31-27-25(33(26)20-21-5-2-1-3-6-21)17-24(18-30-27)22-7-9-23(10-8-22)28(35)29-11-4-12-32-13-15-36-16-14-32/h1-3,5-10,17-18H,4,11-16,19-20H2,(H,29,35)(H,30,31). The molecule has 0 spiro atoms. The molecule has 1 fully saturated rings. The highest BCUT2D eigenvalue weighted by Crippen LogP contribution is 2.33. The van der Waals surface area contributed by atoms with Crippen LogP contribution in [-0.2, 0) is 16.1 Å². The molecule has 8 heteroatoms. The lowest BCUT2D eigenvalue weighted by Gasteiger charge is -2.30. The van der Waals surface area contributed by atoms with E-state index in [9.17, 15) is 9.59 Å². The van der Waals surface area contributed by atoms with Crippen molar-refractivity contribution in [1.29, 1.82) is 0 Å². The van der Waals surface area contributed by atoms with Gasteiger partial charge in [0.05, 0.1) is 32.0 Å². The average molecular weight is 486 g/mol. The van der Waals surface area contributed by atoms with Crippen LogP contribution >= 0.6 is 0 Å². The van der Waals surface area contributed by atoms with Crippen molar-refractivity contribution in [3.63, 3.8) is 0 Å². The molecule has 8 nitrogen and oxygen atoms in total. The minimum absolute atomic E-state index is 0.00550. The Morgan fingerprint density at radius 1 is 1.03 bits per heavy atom. The number of aromatic nitrogens is 1. The van der Waals surface area contributed by atoms with Crippen molar-refractivity contribution < 1.29 is 14.3 Å². The maximum Gasteiger partial charge on any atom is 0.251 e. The van der Waals surface area contributed by atoms with Gasteiger partial charge in [0.1, 0.15) is 0 Å². The predicted octanol–water partition coefficient (Wildman–Crippen LogP) is 3.16. The topological polar surface area (TPSA) is 86.8 Å². The number of anilines is 2. The summed E-state index contributed by atoms with van der Waals surface area (Å²) in [4.78, 5) is 34.0. The fourth-order valence-electron chi connectivity index (χ4n) is 4.53. The van der Waals surface area contributed by atoms with Crippen LogP contribution in [0.3, 0.4) is 0 Å². The Labute approximate surface area is 211 Å². The smallest absolute Gasteiger partial charge is 0.251 e. The summed E-state index contributed by atoms with van der Waals surface area (Å²) in [6, 6.07) is 19.4. The summed E-state index contributed by atoms with van der Waals surface area (Å²) < 4.78 is 5.37. The number of rotatable bonds is 8. The fourth-order valence-corrected chi connectivity index (χ4v) is 4.53. The van der Waals surface area contributed by atoms with Crippen LogP contribution in [0.4, 0.5) is 11.5 Å². The molecule has 2 amide bonds. The SMILES string of the molecule is O=C(NCCCN1CCOCC1)c1ccc(-c2cnc3c(c2)N(Cc2ccccc2)C(=O)CN3)cc1. The Hall–Kier alpha value is -3.75. The summed E-state index contributed by atoms with van der Waals surface area (Å²) in [5, 5.41) is 6.12. The van der Waals surface area contributed by atoms with Gasteiger partial charge in [-0.3, -0.25) is 14.5 Å². The van der Waals surface area contributed by atoms with Gasteiger partial charge in [-0.2, -0.15) is 0 Å². The number of morpholine rings is 1. The minimum atomic E-state index is -0.0732. The first-order chi connectivity index (χ1) is 17.7. The molecule has 2 N–H and O–H groups in total. The Kier molecular flexibility index (Phi) is 7.54. The molecule has 2 aliphatic heterocycles. The molecule has 0 radical (unpaired) electrons. The first-order valence-electron chi connectivity index (χ1n) is 12.4. The Morgan fingerprint density at radius 3 is 2.58 bits per heavy atom. The molecule has 186 valence electrons. The van der Waals surface area contributed by atoms with E-state index in [2.05, 4.69) is 20.5 Å². The number of carbonyl (C=O) groups excluding carboxylic acids is 2. The predicted molar refractivity (Wildman–Crippen MR) is 140 cm³/mol. The Balaban J connectivity index is 1.23. The number of fused-ring (bicyclic) bond motifs is 1. The van der Waals surface area contributed by atoms with Crippen molar-refractivity contribution in [2.24, 2.45) is 0 Å². The third-order valence-corrected chi connectivity index (χ3v) is 6.57. The molecule has 0 bridgehead atoms. The summed E-state index contributed by atoms with van der Waals surface area (Å²) in [5.74, 6) is 0.629. The van der Waals surface area contributed by atoms with Gasteiger partial charge in [0.25, 0.3) is 5.91 Å². The third kappa shape index (κ3) is 5.72. The number of benzene rings is 2. The van der Waals surface area contributed by atoms with E-state index in [1.165, 1.54) is 0 Å². The highest BCUT2D eigenvalue weighted by Gasteiger charge is 2.25. The van der Waals surface area contributed by atoms with Gasteiger partial charge in [0, 0.05) is 37.0 Å². The summed E-state index contributed by atoms with van der Waals surface area (Å²) in [6.45, 7) is 5.82. The Bertz CT molecular complexity index is 1190. The molecule has 36 heavy (non-hydrogen) atoms. The molecule has 0 atom stereocenters. The highest BCUT2D eigenvalue weighted by molar-refractivity contribution is 6.02. The van der Waals surface area contributed by atoms with E-state index in [0.717, 1.165) is 61.6 Å². The van der Waals surface area contributed by atoms with E-state index in [1.54, 1.807) is 11.1 Å². The second-order valence-corrected chi connectivity index (χ2v) is 9.05. The van der Waals surface area contributed by atoms with E-state index in [1.807, 2.05) is 60.7 Å². The van der Waals surface area contributed by atoms with Gasteiger partial charge in [-0.05, 0) is 42.3 Å².